The number of halogens is 3. The fraction of sp³-hybridized carbons (Fsp3) is 0.333. The number of rotatable bonds is 3. The summed E-state index contributed by atoms with van der Waals surface area (Å²) in [5.41, 5.74) is -0.620. The molecule has 4 nitrogen and oxygen atoms in total. The molecule has 0 aliphatic carbocycles. The number of aliphatic hydroxyl groups is 1. The summed E-state index contributed by atoms with van der Waals surface area (Å²) in [4.78, 5) is 3.26. The van der Waals surface area contributed by atoms with Crippen LogP contribution in [0.5, 0.6) is 0 Å². The number of nitrogens with one attached hydrogen (secondary N) is 2. The van der Waals surface area contributed by atoms with Crippen LogP contribution in [0.2, 0.25) is 0 Å². The van der Waals surface area contributed by atoms with E-state index in [1.807, 2.05) is 0 Å². The molecule has 0 radical (unpaired) electrons. The molecule has 0 saturated carbocycles. The Kier molecular flexibility index (Phi) is 4.64. The van der Waals surface area contributed by atoms with Gasteiger partial charge in [-0.1, -0.05) is 0 Å². The van der Waals surface area contributed by atoms with Crippen LogP contribution in [0.1, 0.15) is 5.69 Å². The van der Waals surface area contributed by atoms with E-state index in [2.05, 4.69) is 15.6 Å². The fourth-order valence-corrected chi connectivity index (χ4v) is 1.20. The summed E-state index contributed by atoms with van der Waals surface area (Å²) < 4.78 is 36.6. The molecule has 1 aromatic rings. The van der Waals surface area contributed by atoms with E-state index in [0.717, 1.165) is 12.3 Å². The SMILES string of the molecule is OCCNC(=S)Nc1ccc(C(F)(F)F)nc1. The predicted molar refractivity (Wildman–Crippen MR) is 60.5 cm³/mol. The number of aliphatic hydroxyl groups excluding tert-OH is 1. The normalized spacial score (nSPS) is 11.1. The van der Waals surface area contributed by atoms with Crippen LogP contribution in [0.4, 0.5) is 18.9 Å². The molecule has 94 valence electrons. The van der Waals surface area contributed by atoms with Crippen LogP contribution in [0.3, 0.4) is 0 Å². The Morgan fingerprint density at radius 1 is 1.41 bits per heavy atom. The Morgan fingerprint density at radius 3 is 2.59 bits per heavy atom. The lowest BCUT2D eigenvalue weighted by Gasteiger charge is -2.10. The van der Waals surface area contributed by atoms with Crippen LogP contribution in [-0.4, -0.2) is 28.4 Å². The van der Waals surface area contributed by atoms with Crippen LogP contribution >= 0.6 is 12.2 Å². The highest BCUT2D eigenvalue weighted by molar-refractivity contribution is 7.80. The molecule has 0 fully saturated rings. The van der Waals surface area contributed by atoms with E-state index in [4.69, 9.17) is 17.3 Å². The molecule has 0 amide bonds. The van der Waals surface area contributed by atoms with Crippen molar-refractivity contribution >= 4 is 23.0 Å². The van der Waals surface area contributed by atoms with Gasteiger partial charge in [0, 0.05) is 6.54 Å². The molecule has 0 aliphatic rings. The molecule has 1 aromatic heterocycles. The number of aromatic nitrogens is 1. The number of hydrogen-bond donors (Lipinski definition) is 3. The number of alkyl halides is 3. The second-order valence-corrected chi connectivity index (χ2v) is 3.44. The Balaban J connectivity index is 2.60. The lowest BCUT2D eigenvalue weighted by molar-refractivity contribution is -0.141. The van der Waals surface area contributed by atoms with Crippen LogP contribution in [0.25, 0.3) is 0 Å². The zero-order valence-electron chi connectivity index (χ0n) is 8.58. The minimum Gasteiger partial charge on any atom is -0.395 e. The lowest BCUT2D eigenvalue weighted by atomic mass is 10.3. The van der Waals surface area contributed by atoms with Gasteiger partial charge in [-0.2, -0.15) is 13.2 Å². The van der Waals surface area contributed by atoms with Gasteiger partial charge in [0.05, 0.1) is 18.5 Å². The van der Waals surface area contributed by atoms with Gasteiger partial charge in [-0.05, 0) is 24.4 Å². The van der Waals surface area contributed by atoms with Gasteiger partial charge in [0.15, 0.2) is 5.11 Å². The first-order valence-electron chi connectivity index (χ1n) is 4.62. The highest BCUT2D eigenvalue weighted by atomic mass is 32.1. The molecule has 0 aliphatic heterocycles. The standard InChI is InChI=1S/C9H10F3N3OS/c10-9(11,12)7-2-1-6(5-14-7)15-8(17)13-3-4-16/h1-2,5,16H,3-4H2,(H2,13,15,17). The summed E-state index contributed by atoms with van der Waals surface area (Å²) in [6.45, 7) is 0.174. The van der Waals surface area contributed by atoms with Gasteiger partial charge in [-0.25, -0.2) is 4.98 Å². The topological polar surface area (TPSA) is 57.2 Å². The van der Waals surface area contributed by atoms with Crippen molar-refractivity contribution in [2.24, 2.45) is 0 Å². The van der Waals surface area contributed by atoms with Crippen molar-refractivity contribution in [3.8, 4) is 0 Å². The molecule has 8 heteroatoms. The van der Waals surface area contributed by atoms with Crippen molar-refractivity contribution in [1.29, 1.82) is 0 Å². The summed E-state index contributed by atoms with van der Waals surface area (Å²) in [6, 6.07) is 2.08. The first-order chi connectivity index (χ1) is 7.93. The summed E-state index contributed by atoms with van der Waals surface area (Å²) in [5.74, 6) is 0. The molecule has 0 aromatic carbocycles. The fourth-order valence-electron chi connectivity index (χ4n) is 0.980. The Hall–Kier alpha value is -1.41. The second-order valence-electron chi connectivity index (χ2n) is 3.03. The molecule has 0 spiro atoms. The van der Waals surface area contributed by atoms with E-state index < -0.39 is 11.9 Å². The second kappa shape index (κ2) is 5.78. The van der Waals surface area contributed by atoms with E-state index in [0.29, 0.717) is 5.69 Å². The molecule has 0 unspecified atom stereocenters. The van der Waals surface area contributed by atoms with Crippen molar-refractivity contribution in [2.45, 2.75) is 6.18 Å². The molecular formula is C9H10F3N3OS. The molecular weight excluding hydrogens is 255 g/mol. The number of hydrogen-bond acceptors (Lipinski definition) is 3. The minimum atomic E-state index is -4.45. The van der Waals surface area contributed by atoms with E-state index in [1.54, 1.807) is 0 Å². The number of anilines is 1. The highest BCUT2D eigenvalue weighted by Crippen LogP contribution is 2.27. The zero-order chi connectivity index (χ0) is 12.9. The molecule has 0 saturated heterocycles. The molecule has 3 N–H and O–H groups in total. The van der Waals surface area contributed by atoms with Crippen molar-refractivity contribution in [1.82, 2.24) is 10.3 Å². The zero-order valence-corrected chi connectivity index (χ0v) is 9.40. The molecule has 1 heterocycles. The van der Waals surface area contributed by atoms with E-state index in [-0.39, 0.29) is 18.3 Å². The lowest BCUT2D eigenvalue weighted by Crippen LogP contribution is -2.30. The largest absolute Gasteiger partial charge is 0.433 e. The minimum absolute atomic E-state index is 0.0902. The third-order valence-electron chi connectivity index (χ3n) is 1.71. The van der Waals surface area contributed by atoms with Crippen molar-refractivity contribution in [2.75, 3.05) is 18.5 Å². The van der Waals surface area contributed by atoms with Crippen molar-refractivity contribution in [3.63, 3.8) is 0 Å². The monoisotopic (exact) mass is 265 g/mol. The van der Waals surface area contributed by atoms with Gasteiger partial charge in [0.2, 0.25) is 0 Å². The average molecular weight is 265 g/mol. The van der Waals surface area contributed by atoms with E-state index in [9.17, 15) is 13.2 Å². The Labute approximate surface area is 101 Å². The van der Waals surface area contributed by atoms with Crippen LogP contribution in [0, 0.1) is 0 Å². The van der Waals surface area contributed by atoms with Gasteiger partial charge < -0.3 is 15.7 Å². The van der Waals surface area contributed by atoms with E-state index in [1.165, 1.54) is 6.07 Å². The summed E-state index contributed by atoms with van der Waals surface area (Å²) in [5, 5.41) is 14.0. The summed E-state index contributed by atoms with van der Waals surface area (Å²) in [6.07, 6.45) is -3.41. The molecule has 1 rings (SSSR count). The molecule has 0 bridgehead atoms. The van der Waals surface area contributed by atoms with Gasteiger partial charge in [-0.3, -0.25) is 0 Å². The smallest absolute Gasteiger partial charge is 0.395 e. The number of pyridine rings is 1. The van der Waals surface area contributed by atoms with Gasteiger partial charge in [0.25, 0.3) is 0 Å². The van der Waals surface area contributed by atoms with Crippen molar-refractivity contribution in [3.05, 3.63) is 24.0 Å². The van der Waals surface area contributed by atoms with Gasteiger partial charge in [-0.15, -0.1) is 0 Å². The maximum Gasteiger partial charge on any atom is 0.433 e. The number of nitrogens with zero attached hydrogens (tertiary/aromatic N) is 1. The van der Waals surface area contributed by atoms with E-state index >= 15 is 0 Å². The average Bonchev–Trinajstić information content (AvgIpc) is 2.26. The first-order valence-corrected chi connectivity index (χ1v) is 5.03. The summed E-state index contributed by atoms with van der Waals surface area (Å²) in [7, 11) is 0. The molecule has 0 atom stereocenters. The van der Waals surface area contributed by atoms with Crippen molar-refractivity contribution < 1.29 is 18.3 Å². The maximum atomic E-state index is 12.2. The van der Waals surface area contributed by atoms with Crippen LogP contribution in [0.15, 0.2) is 18.3 Å². The Bertz CT molecular complexity index is 380. The van der Waals surface area contributed by atoms with Gasteiger partial charge >= 0.3 is 6.18 Å². The third kappa shape index (κ3) is 4.53. The molecule has 17 heavy (non-hydrogen) atoms. The van der Waals surface area contributed by atoms with Crippen LogP contribution < -0.4 is 10.6 Å². The predicted octanol–water partition coefficient (Wildman–Crippen LogP) is 1.38. The maximum absolute atomic E-state index is 12.2. The first kappa shape index (κ1) is 13.7. The number of thiocarbonyl (C=S) groups is 1. The quantitative estimate of drug-likeness (QED) is 0.721. The third-order valence-corrected chi connectivity index (χ3v) is 1.96. The van der Waals surface area contributed by atoms with Gasteiger partial charge in [0.1, 0.15) is 5.69 Å². The summed E-state index contributed by atoms with van der Waals surface area (Å²) >= 11 is 4.82. The Morgan fingerprint density at radius 2 is 2.12 bits per heavy atom. The highest BCUT2D eigenvalue weighted by Gasteiger charge is 2.31. The van der Waals surface area contributed by atoms with Crippen LogP contribution in [-0.2, 0) is 6.18 Å².